The monoisotopic (exact) mass is 905 g/mol. The van der Waals surface area contributed by atoms with Crippen molar-refractivity contribution < 1.29 is 0 Å². The van der Waals surface area contributed by atoms with Crippen molar-refractivity contribution in [3.8, 4) is 56.7 Å². The lowest BCUT2D eigenvalue weighted by atomic mass is 9.82. The largest absolute Gasteiger partial charge is 0.307 e. The molecular formula is C66H43N5. The Labute approximate surface area is 409 Å². The average molecular weight is 906 g/mol. The third-order valence-corrected chi connectivity index (χ3v) is 15.4. The Morgan fingerprint density at radius 1 is 0.310 bits per heavy atom. The summed E-state index contributed by atoms with van der Waals surface area (Å²) in [5.41, 5.74) is 14.5. The van der Waals surface area contributed by atoms with Crippen molar-refractivity contribution in [3.63, 3.8) is 0 Å². The molecular weight excluding hydrogens is 863 g/mol. The van der Waals surface area contributed by atoms with Crippen LogP contribution in [0, 0.1) is 0 Å². The predicted octanol–water partition coefficient (Wildman–Crippen LogP) is 16.8. The van der Waals surface area contributed by atoms with Crippen LogP contribution in [-0.2, 0) is 5.41 Å². The van der Waals surface area contributed by atoms with Gasteiger partial charge in [-0.25, -0.2) is 4.98 Å². The van der Waals surface area contributed by atoms with E-state index >= 15 is 0 Å². The summed E-state index contributed by atoms with van der Waals surface area (Å²) < 4.78 is 4.78. The van der Waals surface area contributed by atoms with Gasteiger partial charge in [0.2, 0.25) is 5.95 Å². The fourth-order valence-corrected chi connectivity index (χ4v) is 12.1. The van der Waals surface area contributed by atoms with Gasteiger partial charge >= 0.3 is 0 Å². The van der Waals surface area contributed by atoms with E-state index in [2.05, 4.69) is 229 Å². The summed E-state index contributed by atoms with van der Waals surface area (Å²) in [6.45, 7) is 4.63. The van der Waals surface area contributed by atoms with Gasteiger partial charge in [-0.3, -0.25) is 4.57 Å². The third-order valence-electron chi connectivity index (χ3n) is 15.4. The van der Waals surface area contributed by atoms with Crippen molar-refractivity contribution >= 4 is 75.9 Å². The van der Waals surface area contributed by atoms with Gasteiger partial charge in [0.1, 0.15) is 0 Å². The second-order valence-electron chi connectivity index (χ2n) is 19.5. The van der Waals surface area contributed by atoms with E-state index < -0.39 is 0 Å². The Kier molecular flexibility index (Phi) is 8.35. The predicted molar refractivity (Wildman–Crippen MR) is 295 cm³/mol. The number of para-hydroxylation sites is 3. The van der Waals surface area contributed by atoms with Crippen molar-refractivity contribution in [2.24, 2.45) is 0 Å². The van der Waals surface area contributed by atoms with Crippen molar-refractivity contribution in [1.82, 2.24) is 24.1 Å². The fraction of sp³-hybridized carbons (Fsp3) is 0.0455. The summed E-state index contributed by atoms with van der Waals surface area (Å²) in [6.07, 6.45) is 0. The lowest BCUT2D eigenvalue weighted by molar-refractivity contribution is 0.660. The molecule has 0 radical (unpaired) electrons. The maximum atomic E-state index is 5.52. The van der Waals surface area contributed by atoms with Gasteiger partial charge < -0.3 is 4.57 Å². The van der Waals surface area contributed by atoms with Crippen LogP contribution in [0.4, 0.5) is 0 Å². The summed E-state index contributed by atoms with van der Waals surface area (Å²) in [5, 5.41) is 12.1. The van der Waals surface area contributed by atoms with Crippen LogP contribution in [0.3, 0.4) is 0 Å². The molecule has 0 aliphatic heterocycles. The molecule has 3 aromatic heterocycles. The lowest BCUT2D eigenvalue weighted by Gasteiger charge is -2.21. The van der Waals surface area contributed by atoms with Gasteiger partial charge in [-0.15, -0.1) is 0 Å². The van der Waals surface area contributed by atoms with Crippen LogP contribution in [0.25, 0.3) is 133 Å². The Hall–Kier alpha value is -9.19. The zero-order valence-electron chi connectivity index (χ0n) is 39.1. The van der Waals surface area contributed by atoms with Crippen molar-refractivity contribution in [1.29, 1.82) is 0 Å². The molecule has 1 aliphatic carbocycles. The summed E-state index contributed by atoms with van der Waals surface area (Å²) >= 11 is 0. The molecule has 5 heteroatoms. The standard InChI is InChI=1S/C66H43N5/c1-66(2)56-28-14-10-25-49(56)55-39-42(33-37-57(55)66)64-67-63(40-18-4-3-5-19-40)68-65(69-64)71-60-31-17-13-27-51(60)53-36-35-52-50-26-12-16-30-59(50)70(61(52)62(53)71)58-29-15-11-20-43(58)41-32-34-48-46-23-7-6-21-44(46)45-22-8-9-24-47(45)54(48)38-41/h3-39H,1-2H3. The maximum Gasteiger partial charge on any atom is 0.238 e. The molecule has 1 aliphatic rings. The van der Waals surface area contributed by atoms with Gasteiger partial charge in [0, 0.05) is 43.7 Å². The Morgan fingerprint density at radius 2 is 0.789 bits per heavy atom. The topological polar surface area (TPSA) is 48.5 Å². The highest BCUT2D eigenvalue weighted by Crippen LogP contribution is 2.50. The number of aromatic nitrogens is 5. The molecule has 14 aromatic rings. The zero-order chi connectivity index (χ0) is 47.0. The minimum Gasteiger partial charge on any atom is -0.307 e. The van der Waals surface area contributed by atoms with Crippen LogP contribution in [0.2, 0.25) is 0 Å². The first-order valence-electron chi connectivity index (χ1n) is 24.4. The molecule has 71 heavy (non-hydrogen) atoms. The van der Waals surface area contributed by atoms with Gasteiger partial charge in [-0.05, 0) is 90.5 Å². The van der Waals surface area contributed by atoms with Gasteiger partial charge in [-0.1, -0.05) is 208 Å². The highest BCUT2D eigenvalue weighted by atomic mass is 15.2. The van der Waals surface area contributed by atoms with Crippen LogP contribution in [0.5, 0.6) is 0 Å². The normalized spacial score (nSPS) is 13.0. The van der Waals surface area contributed by atoms with Crippen LogP contribution < -0.4 is 0 Å². The molecule has 0 fully saturated rings. The van der Waals surface area contributed by atoms with Crippen molar-refractivity contribution in [2.75, 3.05) is 0 Å². The zero-order valence-corrected chi connectivity index (χ0v) is 39.1. The lowest BCUT2D eigenvalue weighted by Crippen LogP contribution is -2.14. The van der Waals surface area contributed by atoms with E-state index in [1.165, 1.54) is 60.0 Å². The van der Waals surface area contributed by atoms with E-state index in [9.17, 15) is 0 Å². The van der Waals surface area contributed by atoms with Crippen LogP contribution in [-0.4, -0.2) is 24.1 Å². The van der Waals surface area contributed by atoms with Crippen LogP contribution in [0.15, 0.2) is 224 Å². The molecule has 0 saturated carbocycles. The molecule has 0 saturated heterocycles. The Morgan fingerprint density at radius 3 is 1.48 bits per heavy atom. The van der Waals surface area contributed by atoms with Gasteiger partial charge in [0.05, 0.1) is 27.8 Å². The highest BCUT2D eigenvalue weighted by Gasteiger charge is 2.35. The molecule has 0 bridgehead atoms. The maximum absolute atomic E-state index is 5.52. The SMILES string of the molecule is CC1(C)c2ccccc2-c2cc(-c3nc(-c4ccccc4)nc(-n4c5ccccc5c5ccc6c7ccccc7n(-c7ccccc7-c7ccc8c9ccccc9c9ccccc9c8c7)c6c54)n3)ccc21. The van der Waals surface area contributed by atoms with Crippen molar-refractivity contribution in [2.45, 2.75) is 19.3 Å². The molecule has 5 nitrogen and oxygen atoms in total. The molecule has 3 heterocycles. The number of rotatable bonds is 5. The van der Waals surface area contributed by atoms with Crippen LogP contribution in [0.1, 0.15) is 25.0 Å². The summed E-state index contributed by atoms with van der Waals surface area (Å²) in [7, 11) is 0. The van der Waals surface area contributed by atoms with E-state index in [4.69, 9.17) is 15.0 Å². The Bertz CT molecular complexity index is 4520. The smallest absolute Gasteiger partial charge is 0.238 e. The Balaban J connectivity index is 1.02. The molecule has 0 spiro atoms. The highest BCUT2D eigenvalue weighted by molar-refractivity contribution is 6.26. The van der Waals surface area contributed by atoms with E-state index in [1.807, 2.05) is 18.2 Å². The van der Waals surface area contributed by atoms with Gasteiger partial charge in [0.15, 0.2) is 11.6 Å². The molecule has 0 atom stereocenters. The minimum absolute atomic E-state index is 0.118. The van der Waals surface area contributed by atoms with Gasteiger partial charge in [0.25, 0.3) is 0 Å². The van der Waals surface area contributed by atoms with Crippen molar-refractivity contribution in [3.05, 3.63) is 236 Å². The molecule has 332 valence electrons. The summed E-state index contributed by atoms with van der Waals surface area (Å²) in [4.78, 5) is 16.2. The number of benzene rings is 11. The first-order chi connectivity index (χ1) is 35.0. The molecule has 0 N–H and O–H groups in total. The molecule has 0 unspecified atom stereocenters. The van der Waals surface area contributed by atoms with E-state index in [-0.39, 0.29) is 5.41 Å². The van der Waals surface area contributed by atoms with E-state index in [0.29, 0.717) is 17.6 Å². The second kappa shape index (κ2) is 14.9. The van der Waals surface area contributed by atoms with E-state index in [1.54, 1.807) is 0 Å². The number of hydrogen-bond donors (Lipinski definition) is 0. The summed E-state index contributed by atoms with van der Waals surface area (Å²) in [5.74, 6) is 1.80. The number of hydrogen-bond acceptors (Lipinski definition) is 3. The molecule has 11 aromatic carbocycles. The van der Waals surface area contributed by atoms with Gasteiger partial charge in [-0.2, -0.15) is 9.97 Å². The summed E-state index contributed by atoms with van der Waals surface area (Å²) in [6, 6.07) is 81.4. The second-order valence-corrected chi connectivity index (χ2v) is 19.5. The first kappa shape index (κ1) is 39.8. The van der Waals surface area contributed by atoms with E-state index in [0.717, 1.165) is 66.2 Å². The average Bonchev–Trinajstić information content (AvgIpc) is 4.04. The number of nitrogens with zero attached hydrogens (tertiary/aromatic N) is 5. The first-order valence-corrected chi connectivity index (χ1v) is 24.4. The fourth-order valence-electron chi connectivity index (χ4n) is 12.1. The third kappa shape index (κ3) is 5.72. The quantitative estimate of drug-likeness (QED) is 0.162. The van der Waals surface area contributed by atoms with Crippen LogP contribution >= 0.6 is 0 Å². The molecule has 15 rings (SSSR count). The number of fused-ring (bicyclic) bond motifs is 16. The molecule has 0 amide bonds. The minimum atomic E-state index is -0.118.